The third-order valence-electron chi connectivity index (χ3n) is 3.50. The van der Waals surface area contributed by atoms with E-state index >= 15 is 0 Å². The predicted octanol–water partition coefficient (Wildman–Crippen LogP) is 4.13. The van der Waals surface area contributed by atoms with Crippen LogP contribution in [0.4, 0.5) is 0 Å². The Morgan fingerprint density at radius 2 is 2.08 bits per heavy atom. The maximum absolute atomic E-state index is 12.5. The number of fused-ring (bicyclic) bond motifs is 1. The van der Waals surface area contributed by atoms with Gasteiger partial charge in [0.05, 0.1) is 23.4 Å². The molecule has 0 radical (unpaired) electrons. The van der Waals surface area contributed by atoms with Crippen LogP contribution in [0.15, 0.2) is 47.5 Å². The number of benzene rings is 2. The highest BCUT2D eigenvalue weighted by molar-refractivity contribution is 7.16. The lowest BCUT2D eigenvalue weighted by Gasteiger charge is -2.03. The van der Waals surface area contributed by atoms with Gasteiger partial charge in [-0.15, -0.1) is 6.42 Å². The highest BCUT2D eigenvalue weighted by atomic mass is 35.5. The van der Waals surface area contributed by atoms with Crippen LogP contribution in [-0.2, 0) is 6.54 Å². The van der Waals surface area contributed by atoms with Crippen molar-refractivity contribution in [1.29, 1.82) is 0 Å². The second kappa shape index (κ2) is 7.56. The Balaban J connectivity index is 2.03. The van der Waals surface area contributed by atoms with Crippen molar-refractivity contribution >= 4 is 39.1 Å². The first-order valence-corrected chi connectivity index (χ1v) is 8.86. The van der Waals surface area contributed by atoms with Crippen LogP contribution in [0.5, 0.6) is 5.75 Å². The molecular weight excluding hydrogens is 356 g/mol. The smallest absolute Gasteiger partial charge is 0.279 e. The molecule has 0 aliphatic rings. The molecular formula is C19H15ClN2O2S. The molecule has 0 N–H and O–H groups in total. The zero-order chi connectivity index (χ0) is 17.8. The van der Waals surface area contributed by atoms with Crippen LogP contribution in [0.1, 0.15) is 17.3 Å². The summed E-state index contributed by atoms with van der Waals surface area (Å²) in [6, 6.07) is 12.4. The number of rotatable bonds is 4. The SMILES string of the molecule is C#CCn1c(=NC(=O)c2ccc(OCC)cc2)sc2cc(Cl)ccc21. The summed E-state index contributed by atoms with van der Waals surface area (Å²) in [6.07, 6.45) is 5.46. The molecule has 0 spiro atoms. The number of nitrogens with zero attached hydrogens (tertiary/aromatic N) is 2. The lowest BCUT2D eigenvalue weighted by Crippen LogP contribution is -2.16. The third kappa shape index (κ3) is 3.76. The number of hydrogen-bond acceptors (Lipinski definition) is 3. The lowest BCUT2D eigenvalue weighted by atomic mass is 10.2. The normalized spacial score (nSPS) is 11.5. The van der Waals surface area contributed by atoms with E-state index in [0.29, 0.717) is 28.5 Å². The summed E-state index contributed by atoms with van der Waals surface area (Å²) >= 11 is 7.43. The van der Waals surface area contributed by atoms with E-state index in [-0.39, 0.29) is 5.91 Å². The Bertz CT molecular complexity index is 1030. The molecule has 0 aliphatic carbocycles. The number of amides is 1. The maximum Gasteiger partial charge on any atom is 0.279 e. The number of thiazole rings is 1. The van der Waals surface area contributed by atoms with Gasteiger partial charge in [0, 0.05) is 10.6 Å². The second-order valence-corrected chi connectivity index (χ2v) is 6.61. The molecule has 0 saturated carbocycles. The van der Waals surface area contributed by atoms with Crippen LogP contribution in [0, 0.1) is 12.3 Å². The van der Waals surface area contributed by atoms with Gasteiger partial charge < -0.3 is 9.30 Å². The van der Waals surface area contributed by atoms with Gasteiger partial charge in [-0.2, -0.15) is 4.99 Å². The van der Waals surface area contributed by atoms with Crippen molar-refractivity contribution in [3.05, 3.63) is 57.9 Å². The fraction of sp³-hybridized carbons (Fsp3) is 0.158. The maximum atomic E-state index is 12.5. The molecule has 0 atom stereocenters. The Hall–Kier alpha value is -2.55. The Morgan fingerprint density at radius 1 is 1.32 bits per heavy atom. The van der Waals surface area contributed by atoms with Gasteiger partial charge in [-0.05, 0) is 49.4 Å². The van der Waals surface area contributed by atoms with Crippen LogP contribution in [0.25, 0.3) is 10.2 Å². The molecule has 126 valence electrons. The molecule has 4 nitrogen and oxygen atoms in total. The first-order chi connectivity index (χ1) is 12.1. The second-order valence-electron chi connectivity index (χ2n) is 5.16. The van der Waals surface area contributed by atoms with E-state index in [2.05, 4.69) is 10.9 Å². The number of aromatic nitrogens is 1. The molecule has 0 bridgehead atoms. The summed E-state index contributed by atoms with van der Waals surface area (Å²) in [5.74, 6) is 2.99. The third-order valence-corrected chi connectivity index (χ3v) is 4.78. The van der Waals surface area contributed by atoms with E-state index in [1.807, 2.05) is 23.6 Å². The molecule has 25 heavy (non-hydrogen) atoms. The van der Waals surface area contributed by atoms with E-state index in [0.717, 1.165) is 16.0 Å². The molecule has 1 heterocycles. The first kappa shape index (κ1) is 17.3. The van der Waals surface area contributed by atoms with Gasteiger partial charge in [0.1, 0.15) is 5.75 Å². The van der Waals surface area contributed by atoms with Crippen molar-refractivity contribution in [2.75, 3.05) is 6.61 Å². The Labute approximate surface area is 154 Å². The summed E-state index contributed by atoms with van der Waals surface area (Å²) in [7, 11) is 0. The van der Waals surface area contributed by atoms with E-state index in [9.17, 15) is 4.79 Å². The van der Waals surface area contributed by atoms with Gasteiger partial charge in [-0.1, -0.05) is 28.9 Å². The van der Waals surface area contributed by atoms with Crippen LogP contribution in [-0.4, -0.2) is 17.1 Å². The van der Waals surface area contributed by atoms with Gasteiger partial charge in [-0.25, -0.2) is 0 Å². The number of hydrogen-bond donors (Lipinski definition) is 0. The minimum atomic E-state index is -0.327. The molecule has 0 saturated heterocycles. The first-order valence-electron chi connectivity index (χ1n) is 7.66. The van der Waals surface area contributed by atoms with Gasteiger partial charge in [0.2, 0.25) is 0 Å². The largest absolute Gasteiger partial charge is 0.494 e. The molecule has 3 rings (SSSR count). The van der Waals surface area contributed by atoms with Gasteiger partial charge in [-0.3, -0.25) is 4.79 Å². The molecule has 6 heteroatoms. The molecule has 0 fully saturated rings. The highest BCUT2D eigenvalue weighted by Crippen LogP contribution is 2.22. The summed E-state index contributed by atoms with van der Waals surface area (Å²) in [5.41, 5.74) is 1.40. The van der Waals surface area contributed by atoms with E-state index in [1.165, 1.54) is 11.3 Å². The number of ether oxygens (including phenoxy) is 1. The summed E-state index contributed by atoms with van der Waals surface area (Å²) < 4.78 is 8.15. The topological polar surface area (TPSA) is 43.6 Å². The Morgan fingerprint density at radius 3 is 2.76 bits per heavy atom. The quantitative estimate of drug-likeness (QED) is 0.648. The molecule has 1 aromatic heterocycles. The predicted molar refractivity (Wildman–Crippen MR) is 101 cm³/mol. The van der Waals surface area contributed by atoms with Gasteiger partial charge in [0.25, 0.3) is 5.91 Å². The summed E-state index contributed by atoms with van der Waals surface area (Å²) in [6.45, 7) is 2.82. The van der Waals surface area contributed by atoms with E-state index in [4.69, 9.17) is 22.8 Å². The highest BCUT2D eigenvalue weighted by Gasteiger charge is 2.09. The van der Waals surface area contributed by atoms with Crippen molar-refractivity contribution in [3.63, 3.8) is 0 Å². The fourth-order valence-corrected chi connectivity index (χ4v) is 3.69. The van der Waals surface area contributed by atoms with Crippen LogP contribution >= 0.6 is 22.9 Å². The molecule has 0 unspecified atom stereocenters. The van der Waals surface area contributed by atoms with Gasteiger partial charge >= 0.3 is 0 Å². The van der Waals surface area contributed by atoms with E-state index in [1.54, 1.807) is 30.3 Å². The number of terminal acetylenes is 1. The Kier molecular flexibility index (Phi) is 5.22. The van der Waals surface area contributed by atoms with Crippen molar-refractivity contribution in [1.82, 2.24) is 4.57 Å². The van der Waals surface area contributed by atoms with Crippen molar-refractivity contribution in [2.45, 2.75) is 13.5 Å². The number of carbonyl (C=O) groups is 1. The number of carbonyl (C=O) groups excluding carboxylic acids is 1. The van der Waals surface area contributed by atoms with Crippen molar-refractivity contribution in [3.8, 4) is 18.1 Å². The van der Waals surface area contributed by atoms with Gasteiger partial charge in [0.15, 0.2) is 4.80 Å². The zero-order valence-electron chi connectivity index (χ0n) is 13.5. The minimum absolute atomic E-state index is 0.327. The van der Waals surface area contributed by atoms with Crippen molar-refractivity contribution in [2.24, 2.45) is 4.99 Å². The summed E-state index contributed by atoms with van der Waals surface area (Å²) in [5, 5.41) is 0.631. The monoisotopic (exact) mass is 370 g/mol. The molecule has 1 amide bonds. The minimum Gasteiger partial charge on any atom is -0.494 e. The zero-order valence-corrected chi connectivity index (χ0v) is 15.1. The van der Waals surface area contributed by atoms with E-state index < -0.39 is 0 Å². The standard InChI is InChI=1S/C19H15ClN2O2S/c1-3-11-22-16-10-7-14(20)12-17(16)25-19(22)21-18(23)13-5-8-15(9-6-13)24-4-2/h1,5-10,12H,4,11H2,2H3. The average Bonchev–Trinajstić information content (AvgIpc) is 2.92. The van der Waals surface area contributed by atoms with Crippen LogP contribution in [0.2, 0.25) is 5.02 Å². The van der Waals surface area contributed by atoms with Crippen LogP contribution in [0.3, 0.4) is 0 Å². The molecule has 3 aromatic rings. The van der Waals surface area contributed by atoms with Crippen molar-refractivity contribution < 1.29 is 9.53 Å². The molecule has 0 aliphatic heterocycles. The molecule has 2 aromatic carbocycles. The average molecular weight is 371 g/mol. The number of halogens is 1. The van der Waals surface area contributed by atoms with Crippen LogP contribution < -0.4 is 9.54 Å². The fourth-order valence-electron chi connectivity index (χ4n) is 2.39. The summed E-state index contributed by atoms with van der Waals surface area (Å²) in [4.78, 5) is 17.3. The lowest BCUT2D eigenvalue weighted by molar-refractivity contribution is 0.0998.